The molecule has 0 radical (unpaired) electrons. The molecular weight excluding hydrogens is 1040 g/mol. The number of alkyl carbamates (subject to hydrolysis) is 1. The van der Waals surface area contributed by atoms with Crippen LogP contribution < -0.4 is 53.2 Å². The molecule has 13 N–H and O–H groups in total. The van der Waals surface area contributed by atoms with Gasteiger partial charge in [0, 0.05) is 31.0 Å². The predicted octanol–water partition coefficient (Wildman–Crippen LogP) is 2.45. The normalized spacial score (nSPS) is 15.4. The minimum absolute atomic E-state index is 0.0439. The average molecular weight is 1120 g/mol. The van der Waals surface area contributed by atoms with Crippen LogP contribution in [-0.2, 0) is 54.7 Å². The van der Waals surface area contributed by atoms with Gasteiger partial charge in [0.05, 0.1) is 11.3 Å². The zero-order chi connectivity index (χ0) is 58.7. The topological polar surface area (TPSA) is 377 Å². The van der Waals surface area contributed by atoms with Crippen LogP contribution in [0.25, 0.3) is 11.1 Å². The summed E-state index contributed by atoms with van der Waals surface area (Å²) in [5.74, 6) is -6.30. The number of carboxylic acid groups (broad SMARTS) is 1. The van der Waals surface area contributed by atoms with Crippen LogP contribution in [0, 0.1) is 20.8 Å². The number of nitrogens with zero attached hydrogens (tertiary/aromatic N) is 2. The molecule has 0 aromatic heterocycles. The van der Waals surface area contributed by atoms with E-state index in [1.165, 1.54) is 13.8 Å². The van der Waals surface area contributed by atoms with Gasteiger partial charge in [0.1, 0.15) is 53.8 Å². The van der Waals surface area contributed by atoms with Gasteiger partial charge in [-0.3, -0.25) is 34.0 Å². The molecule has 25 heteroatoms. The third kappa shape index (κ3) is 16.8. The minimum Gasteiger partial charge on any atom is -0.487 e. The van der Waals surface area contributed by atoms with Crippen LogP contribution in [0.4, 0.5) is 4.79 Å². The summed E-state index contributed by atoms with van der Waals surface area (Å²) in [6.45, 7) is 16.2. The van der Waals surface area contributed by atoms with Gasteiger partial charge < -0.3 is 63.1 Å². The van der Waals surface area contributed by atoms with E-state index in [1.54, 1.807) is 41.5 Å². The van der Waals surface area contributed by atoms with Gasteiger partial charge in [-0.25, -0.2) is 22.7 Å². The van der Waals surface area contributed by atoms with Crippen molar-refractivity contribution in [3.05, 3.63) is 81.9 Å². The van der Waals surface area contributed by atoms with Crippen LogP contribution in [0.1, 0.15) is 120 Å². The van der Waals surface area contributed by atoms with Crippen molar-refractivity contribution in [1.82, 2.24) is 31.3 Å². The average Bonchev–Trinajstić information content (AvgIpc) is 3.99. The molecule has 430 valence electrons. The number of nitrogens with two attached hydrogens (primary N) is 3. The zero-order valence-electron chi connectivity index (χ0n) is 46.3. The second kappa shape index (κ2) is 26.1. The number of carbonyl (C=O) groups is 7. The molecule has 3 aromatic rings. The summed E-state index contributed by atoms with van der Waals surface area (Å²) in [6.07, 6.45) is -1.13. The molecule has 5 rings (SSSR count). The van der Waals surface area contributed by atoms with Crippen LogP contribution in [0.15, 0.2) is 63.4 Å². The third-order valence-corrected chi connectivity index (χ3v) is 14.8. The SMILES string of the molecule is Cc1c(C)c(S(=O)(=O)NC(N)=NCCC[C@H](NC(=O)OCC2c3ccccc3-c3ccccc32)C(=O)N[C@@H](C)C(=O)N[C@@H](CC(=O)OC(C)(C)C)C(=O)N[C@@H](C)C(=O)N[C@@H](CCCN=C(N)N)C(=O)O)c(C)c2c1OC(C)(C)C2. The molecule has 0 fully saturated rings. The van der Waals surface area contributed by atoms with E-state index in [2.05, 4.69) is 41.3 Å². The molecule has 5 amide bonds. The highest BCUT2D eigenvalue weighted by molar-refractivity contribution is 7.90. The fourth-order valence-corrected chi connectivity index (χ4v) is 10.8. The van der Waals surface area contributed by atoms with Gasteiger partial charge in [-0.15, -0.1) is 0 Å². The number of guanidine groups is 2. The number of carboxylic acids is 1. The maximum atomic E-state index is 14.1. The van der Waals surface area contributed by atoms with Crippen LogP contribution in [0.3, 0.4) is 0 Å². The number of fused-ring (bicyclic) bond motifs is 4. The summed E-state index contributed by atoms with van der Waals surface area (Å²) in [5.41, 5.74) is 21.6. The highest BCUT2D eigenvalue weighted by Gasteiger charge is 2.38. The molecule has 1 aliphatic carbocycles. The van der Waals surface area contributed by atoms with Crippen molar-refractivity contribution in [1.29, 1.82) is 0 Å². The number of nitrogens with one attached hydrogen (secondary N) is 6. The van der Waals surface area contributed by atoms with E-state index >= 15 is 0 Å². The Hall–Kier alpha value is -7.96. The lowest BCUT2D eigenvalue weighted by Crippen LogP contribution is -2.58. The summed E-state index contributed by atoms with van der Waals surface area (Å²) in [5, 5.41) is 22.0. The maximum Gasteiger partial charge on any atom is 0.407 e. The van der Waals surface area contributed by atoms with Crippen molar-refractivity contribution in [3.8, 4) is 16.9 Å². The first-order valence-corrected chi connectivity index (χ1v) is 27.3. The zero-order valence-corrected chi connectivity index (χ0v) is 47.1. The first kappa shape index (κ1) is 61.9. The van der Waals surface area contributed by atoms with Crippen molar-refractivity contribution in [2.24, 2.45) is 27.2 Å². The Morgan fingerprint density at radius 2 is 1.25 bits per heavy atom. The Morgan fingerprint density at radius 3 is 1.80 bits per heavy atom. The molecule has 3 aromatic carbocycles. The van der Waals surface area contributed by atoms with E-state index in [-0.39, 0.29) is 62.2 Å². The molecule has 79 heavy (non-hydrogen) atoms. The molecular formula is C54H75N11O13S. The highest BCUT2D eigenvalue weighted by atomic mass is 32.2. The lowest BCUT2D eigenvalue weighted by atomic mass is 9.94. The molecule has 0 saturated heterocycles. The van der Waals surface area contributed by atoms with Crippen molar-refractivity contribution in [2.75, 3.05) is 19.7 Å². The maximum absolute atomic E-state index is 14.1. The number of rotatable bonds is 24. The summed E-state index contributed by atoms with van der Waals surface area (Å²) >= 11 is 0. The minimum atomic E-state index is -4.24. The molecule has 1 aliphatic heterocycles. The Morgan fingerprint density at radius 1 is 0.734 bits per heavy atom. The lowest BCUT2D eigenvalue weighted by molar-refractivity contribution is -0.156. The van der Waals surface area contributed by atoms with Crippen molar-refractivity contribution in [3.63, 3.8) is 0 Å². The molecule has 24 nitrogen and oxygen atoms in total. The van der Waals surface area contributed by atoms with Crippen LogP contribution in [-0.4, -0.2) is 128 Å². The Labute approximate surface area is 460 Å². The Balaban J connectivity index is 1.30. The molecule has 1 heterocycles. The fraction of sp³-hybridized carbons (Fsp3) is 0.500. The first-order chi connectivity index (χ1) is 36.9. The summed E-state index contributed by atoms with van der Waals surface area (Å²) in [6, 6.07) is 8.19. The molecule has 0 bridgehead atoms. The smallest absolute Gasteiger partial charge is 0.407 e. The second-order valence-corrected chi connectivity index (χ2v) is 22.9. The van der Waals surface area contributed by atoms with Gasteiger partial charge in [-0.05, 0) is 134 Å². The standard InChI is InChI=1S/C54H75N11O13S/c1-28-29(2)44(30(3)37-26-54(9,10)78-43(28)37)79(74,75)65-51(57)59-24-15-21-39(64-52(73)76-27-38-35-19-13-11-17-33(35)34-18-12-14-20-36(34)38)47(69)60-32(5)46(68)63-41(25-42(66)77-53(6,7)8)48(70)61-31(4)45(67)62-40(49(71)72)22-16-23-58-50(55)56/h11-14,17-20,31-32,38-41H,15-16,21-27H2,1-10H3,(H,60,69)(H,61,70)(H,62,67)(H,63,68)(H,64,73)(H,71,72)(H4,55,56,58)(H3,57,59,65)/t31-,32-,39-,40-,41-/m0/s1. The number of benzene rings is 3. The summed E-state index contributed by atoms with van der Waals surface area (Å²) in [7, 11) is -4.24. The van der Waals surface area contributed by atoms with Crippen molar-refractivity contribution >= 4 is 63.6 Å². The van der Waals surface area contributed by atoms with E-state index in [0.29, 0.717) is 28.9 Å². The number of carbonyl (C=O) groups excluding carboxylic acids is 6. The van der Waals surface area contributed by atoms with Crippen molar-refractivity contribution in [2.45, 2.75) is 160 Å². The molecule has 5 atom stereocenters. The van der Waals surface area contributed by atoms with Gasteiger partial charge in [0.25, 0.3) is 10.0 Å². The van der Waals surface area contributed by atoms with E-state index in [1.807, 2.05) is 62.4 Å². The number of aliphatic carboxylic acids is 1. The summed E-state index contributed by atoms with van der Waals surface area (Å²) < 4.78 is 47.3. The number of hydrogen-bond acceptors (Lipinski definition) is 14. The number of aliphatic imine (C=N–C) groups is 2. The fourth-order valence-electron chi connectivity index (χ4n) is 9.29. The molecule has 2 aliphatic rings. The highest BCUT2D eigenvalue weighted by Crippen LogP contribution is 2.45. The second-order valence-electron chi connectivity index (χ2n) is 21.2. The Bertz CT molecular complexity index is 2940. The van der Waals surface area contributed by atoms with Gasteiger partial charge in [0.15, 0.2) is 5.96 Å². The molecule has 0 saturated carbocycles. The number of sulfonamides is 1. The van der Waals surface area contributed by atoms with E-state index in [9.17, 15) is 47.1 Å². The van der Waals surface area contributed by atoms with Gasteiger partial charge >= 0.3 is 18.0 Å². The quantitative estimate of drug-likeness (QED) is 0.0267. The lowest BCUT2D eigenvalue weighted by Gasteiger charge is -2.26. The van der Waals surface area contributed by atoms with E-state index < -0.39 is 105 Å². The van der Waals surface area contributed by atoms with Gasteiger partial charge in [-0.2, -0.15) is 0 Å². The van der Waals surface area contributed by atoms with E-state index in [0.717, 1.165) is 27.8 Å². The summed E-state index contributed by atoms with van der Waals surface area (Å²) in [4.78, 5) is 101. The van der Waals surface area contributed by atoms with Gasteiger partial charge in [-0.1, -0.05) is 48.5 Å². The van der Waals surface area contributed by atoms with Crippen LogP contribution >= 0.6 is 0 Å². The molecule has 0 spiro atoms. The Kier molecular flexibility index (Phi) is 20.5. The third-order valence-electron chi connectivity index (χ3n) is 13.2. The van der Waals surface area contributed by atoms with Crippen molar-refractivity contribution < 1.29 is 61.3 Å². The number of ether oxygens (including phenoxy) is 3. The van der Waals surface area contributed by atoms with Gasteiger partial charge in [0.2, 0.25) is 29.6 Å². The monoisotopic (exact) mass is 1120 g/mol. The molecule has 0 unspecified atom stereocenters. The number of hydrogen-bond donors (Lipinski definition) is 10. The van der Waals surface area contributed by atoms with Crippen LogP contribution in [0.5, 0.6) is 5.75 Å². The number of amides is 5. The number of esters is 1. The first-order valence-electron chi connectivity index (χ1n) is 25.9. The van der Waals surface area contributed by atoms with E-state index in [4.69, 9.17) is 31.4 Å². The largest absolute Gasteiger partial charge is 0.487 e. The van der Waals surface area contributed by atoms with Crippen LogP contribution in [0.2, 0.25) is 0 Å². The predicted molar refractivity (Wildman–Crippen MR) is 294 cm³/mol.